The quantitative estimate of drug-likeness (QED) is 0.455. The zero-order valence-electron chi connectivity index (χ0n) is 15.1. The topological polar surface area (TPSA) is 53.6 Å². The number of rotatable bonds is 3. The van der Waals surface area contributed by atoms with Crippen molar-refractivity contribution in [1.82, 2.24) is 5.32 Å². The zero-order valence-corrected chi connectivity index (χ0v) is 18.0. The lowest BCUT2D eigenvalue weighted by Crippen LogP contribution is -2.38. The van der Waals surface area contributed by atoms with E-state index in [0.29, 0.717) is 37.6 Å². The third-order valence-corrected chi connectivity index (χ3v) is 5.41. The van der Waals surface area contributed by atoms with E-state index in [-0.39, 0.29) is 10.8 Å². The molecule has 0 radical (unpaired) electrons. The molecule has 1 saturated heterocycles. The predicted octanol–water partition coefficient (Wildman–Crippen LogP) is 4.27. The van der Waals surface area contributed by atoms with Gasteiger partial charge in [0.1, 0.15) is 0 Å². The van der Waals surface area contributed by atoms with E-state index >= 15 is 0 Å². The first-order chi connectivity index (χ1) is 13.8. The highest BCUT2D eigenvalue weighted by Gasteiger charge is 2.31. The van der Waals surface area contributed by atoms with E-state index in [1.807, 2.05) is 27.5 Å². The Bertz CT molecular complexity index is 918. The van der Waals surface area contributed by atoms with E-state index in [0.717, 1.165) is 15.7 Å². The Morgan fingerprint density at radius 3 is 2.48 bits per heavy atom. The van der Waals surface area contributed by atoms with Crippen LogP contribution in [0.2, 0.25) is 0 Å². The third kappa shape index (κ3) is 5.58. The predicted molar refractivity (Wildman–Crippen MR) is 117 cm³/mol. The van der Waals surface area contributed by atoms with E-state index in [1.165, 1.54) is 6.07 Å². The summed E-state index contributed by atoms with van der Waals surface area (Å²) in [7, 11) is 0. The molecule has 2 N–H and O–H groups in total. The number of ether oxygens (including phenoxy) is 1. The normalized spacial score (nSPS) is 14.4. The maximum Gasteiger partial charge on any atom is 0.416 e. The third-order valence-electron chi connectivity index (χ3n) is 4.27. The Hall–Kier alpha value is -1.92. The number of halogens is 4. The van der Waals surface area contributed by atoms with Crippen molar-refractivity contribution in [3.8, 4) is 0 Å². The molecule has 1 heterocycles. The van der Waals surface area contributed by atoms with Gasteiger partial charge in [0.2, 0.25) is 0 Å². The van der Waals surface area contributed by atoms with Crippen LogP contribution in [-0.2, 0) is 10.9 Å². The molecule has 1 aliphatic rings. The van der Waals surface area contributed by atoms with E-state index < -0.39 is 17.6 Å². The van der Waals surface area contributed by atoms with Gasteiger partial charge in [-0.2, -0.15) is 13.2 Å². The van der Waals surface area contributed by atoms with Gasteiger partial charge >= 0.3 is 6.18 Å². The molecule has 0 aliphatic carbocycles. The highest BCUT2D eigenvalue weighted by Crippen LogP contribution is 2.35. The van der Waals surface area contributed by atoms with Gasteiger partial charge in [0, 0.05) is 16.7 Å². The number of carbonyl (C=O) groups excluding carboxylic acids is 1. The van der Waals surface area contributed by atoms with Crippen LogP contribution in [0.5, 0.6) is 0 Å². The first-order valence-corrected chi connectivity index (χ1v) is 10.1. The summed E-state index contributed by atoms with van der Waals surface area (Å²) < 4.78 is 45.6. The van der Waals surface area contributed by atoms with Crippen LogP contribution in [-0.4, -0.2) is 37.3 Å². The number of anilines is 2. The van der Waals surface area contributed by atoms with Crippen molar-refractivity contribution in [3.63, 3.8) is 0 Å². The van der Waals surface area contributed by atoms with E-state index in [9.17, 15) is 18.0 Å². The molecule has 154 valence electrons. The molecule has 0 aromatic heterocycles. The fourth-order valence-corrected chi connectivity index (χ4v) is 3.70. The van der Waals surface area contributed by atoms with Gasteiger partial charge in [-0.25, -0.2) is 0 Å². The fourth-order valence-electron chi connectivity index (χ4n) is 2.86. The number of alkyl halides is 3. The van der Waals surface area contributed by atoms with Crippen molar-refractivity contribution in [2.45, 2.75) is 6.18 Å². The number of hydrogen-bond donors (Lipinski definition) is 2. The number of thiocarbonyl (C=S) groups is 1. The minimum atomic E-state index is -4.50. The number of nitrogens with zero attached hydrogens (tertiary/aromatic N) is 1. The molecule has 5 nitrogen and oxygen atoms in total. The molecule has 3 rings (SSSR count). The molecule has 0 spiro atoms. The molecule has 0 unspecified atom stereocenters. The van der Waals surface area contributed by atoms with Crippen LogP contribution in [0.1, 0.15) is 15.9 Å². The first kappa shape index (κ1) is 21.8. The van der Waals surface area contributed by atoms with Gasteiger partial charge in [-0.15, -0.1) is 0 Å². The lowest BCUT2D eigenvalue weighted by Gasteiger charge is -2.31. The average molecular weight is 535 g/mol. The Morgan fingerprint density at radius 2 is 1.83 bits per heavy atom. The standard InChI is InChI=1S/C19H17F3IN3O2S/c20-19(21,22)12-5-6-16(26-7-9-28-10-8-26)15(11-12)24-18(29)25-17(27)13-3-1-2-4-14(13)23/h1-6,11H,7-10H2,(H2,24,25,27,29). The second-order valence-corrected chi connectivity index (χ2v) is 7.79. The summed E-state index contributed by atoms with van der Waals surface area (Å²) >= 11 is 7.21. The monoisotopic (exact) mass is 535 g/mol. The van der Waals surface area contributed by atoms with Gasteiger partial charge in [0.05, 0.1) is 35.7 Å². The molecule has 1 fully saturated rings. The number of carbonyl (C=O) groups is 1. The van der Waals surface area contributed by atoms with E-state index in [1.54, 1.807) is 24.3 Å². The molecular weight excluding hydrogens is 518 g/mol. The Labute approximate surface area is 184 Å². The van der Waals surface area contributed by atoms with Crippen LogP contribution in [0.25, 0.3) is 0 Å². The van der Waals surface area contributed by atoms with Gasteiger partial charge in [0.25, 0.3) is 5.91 Å². The van der Waals surface area contributed by atoms with Gasteiger partial charge in [-0.05, 0) is 65.1 Å². The van der Waals surface area contributed by atoms with Crippen LogP contribution in [0.15, 0.2) is 42.5 Å². The van der Waals surface area contributed by atoms with Gasteiger partial charge in [-0.3, -0.25) is 10.1 Å². The lowest BCUT2D eigenvalue weighted by molar-refractivity contribution is -0.137. The maximum atomic E-state index is 13.2. The Morgan fingerprint density at radius 1 is 1.14 bits per heavy atom. The van der Waals surface area contributed by atoms with Crippen LogP contribution >= 0.6 is 34.8 Å². The number of amides is 1. The smallest absolute Gasteiger partial charge is 0.378 e. The molecule has 2 aromatic carbocycles. The summed E-state index contributed by atoms with van der Waals surface area (Å²) in [6.45, 7) is 2.05. The summed E-state index contributed by atoms with van der Waals surface area (Å²) in [6, 6.07) is 10.4. The summed E-state index contributed by atoms with van der Waals surface area (Å²) in [5, 5.41) is 5.20. The summed E-state index contributed by atoms with van der Waals surface area (Å²) in [6.07, 6.45) is -4.50. The van der Waals surface area contributed by atoms with Crippen molar-refractivity contribution < 1.29 is 22.7 Å². The Kier molecular flexibility index (Phi) is 6.96. The van der Waals surface area contributed by atoms with Crippen molar-refractivity contribution in [2.24, 2.45) is 0 Å². The highest BCUT2D eigenvalue weighted by atomic mass is 127. The van der Waals surface area contributed by atoms with Gasteiger partial charge in [0.15, 0.2) is 5.11 Å². The molecular formula is C19H17F3IN3O2S. The van der Waals surface area contributed by atoms with Crippen LogP contribution in [0, 0.1) is 3.57 Å². The second-order valence-electron chi connectivity index (χ2n) is 6.22. The van der Waals surface area contributed by atoms with E-state index in [4.69, 9.17) is 17.0 Å². The SMILES string of the molecule is O=C(NC(=S)Nc1cc(C(F)(F)F)ccc1N1CCOCC1)c1ccccc1I. The number of benzene rings is 2. The number of nitrogens with one attached hydrogen (secondary N) is 2. The molecule has 10 heteroatoms. The van der Waals surface area contributed by atoms with Gasteiger partial charge < -0.3 is 15.0 Å². The number of hydrogen-bond acceptors (Lipinski definition) is 4. The average Bonchev–Trinajstić information content (AvgIpc) is 2.68. The minimum absolute atomic E-state index is 0.0801. The molecule has 1 amide bonds. The van der Waals surface area contributed by atoms with Crippen molar-refractivity contribution in [3.05, 3.63) is 57.2 Å². The summed E-state index contributed by atoms with van der Waals surface area (Å²) in [5.41, 5.74) is 0.361. The molecule has 0 saturated carbocycles. The summed E-state index contributed by atoms with van der Waals surface area (Å²) in [5.74, 6) is -0.438. The molecule has 0 atom stereocenters. The lowest BCUT2D eigenvalue weighted by atomic mass is 10.1. The summed E-state index contributed by atoms with van der Waals surface area (Å²) in [4.78, 5) is 14.3. The van der Waals surface area contributed by atoms with Crippen LogP contribution < -0.4 is 15.5 Å². The van der Waals surface area contributed by atoms with Crippen molar-refractivity contribution in [2.75, 3.05) is 36.5 Å². The second kappa shape index (κ2) is 9.26. The van der Waals surface area contributed by atoms with Crippen molar-refractivity contribution in [1.29, 1.82) is 0 Å². The largest absolute Gasteiger partial charge is 0.416 e. The fraction of sp³-hybridized carbons (Fsp3) is 0.263. The molecule has 2 aromatic rings. The van der Waals surface area contributed by atoms with Crippen molar-refractivity contribution >= 4 is 57.2 Å². The van der Waals surface area contributed by atoms with Crippen LogP contribution in [0.3, 0.4) is 0 Å². The molecule has 1 aliphatic heterocycles. The van der Waals surface area contributed by atoms with Crippen LogP contribution in [0.4, 0.5) is 24.5 Å². The first-order valence-electron chi connectivity index (χ1n) is 8.66. The maximum absolute atomic E-state index is 13.2. The number of morpholine rings is 1. The Balaban J connectivity index is 1.82. The zero-order chi connectivity index (χ0) is 21.0. The highest BCUT2D eigenvalue weighted by molar-refractivity contribution is 14.1. The minimum Gasteiger partial charge on any atom is -0.378 e. The van der Waals surface area contributed by atoms with Gasteiger partial charge in [-0.1, -0.05) is 12.1 Å². The molecule has 29 heavy (non-hydrogen) atoms. The van der Waals surface area contributed by atoms with E-state index in [2.05, 4.69) is 10.6 Å². The molecule has 0 bridgehead atoms.